The van der Waals surface area contributed by atoms with Crippen molar-refractivity contribution in [3.05, 3.63) is 35.9 Å². The number of rotatable bonds is 3. The first kappa shape index (κ1) is 11.9. The summed E-state index contributed by atoms with van der Waals surface area (Å²) >= 11 is 2.42. The number of alkyl halides is 1. The normalized spacial score (nSPS) is 39.8. The summed E-state index contributed by atoms with van der Waals surface area (Å²) in [4.78, 5) is 0. The highest BCUT2D eigenvalue weighted by atomic mass is 127. The van der Waals surface area contributed by atoms with Crippen LogP contribution in [0.4, 0.5) is 0 Å². The third-order valence-corrected chi connectivity index (χ3v) is 5.39. The van der Waals surface area contributed by atoms with Crippen molar-refractivity contribution in [2.24, 2.45) is 5.92 Å². The summed E-state index contributed by atoms with van der Waals surface area (Å²) in [5.74, 6) is 0.521. The van der Waals surface area contributed by atoms with Gasteiger partial charge in [0.15, 0.2) is 0 Å². The predicted octanol–water partition coefficient (Wildman–Crippen LogP) is 2.84. The van der Waals surface area contributed by atoms with Crippen LogP contribution in [0.15, 0.2) is 30.3 Å². The van der Waals surface area contributed by atoms with Crippen LogP contribution in [-0.4, -0.2) is 28.8 Å². The van der Waals surface area contributed by atoms with Gasteiger partial charge in [-0.25, -0.2) is 0 Å². The van der Waals surface area contributed by atoms with Crippen LogP contribution in [0, 0.1) is 5.92 Å². The molecule has 1 aromatic rings. The molecule has 92 valence electrons. The molecule has 2 fully saturated rings. The Morgan fingerprint density at radius 1 is 1.35 bits per heavy atom. The van der Waals surface area contributed by atoms with E-state index in [2.05, 4.69) is 59.8 Å². The van der Waals surface area contributed by atoms with Crippen LogP contribution < -0.4 is 0 Å². The van der Waals surface area contributed by atoms with Crippen LogP contribution in [0.5, 0.6) is 0 Å². The molecule has 2 aliphatic heterocycles. The maximum absolute atomic E-state index is 6.28. The fraction of sp³-hybridized carbons (Fsp3) is 0.571. The van der Waals surface area contributed by atoms with Crippen LogP contribution in [0.25, 0.3) is 0 Å². The zero-order valence-electron chi connectivity index (χ0n) is 9.93. The monoisotopic (exact) mass is 344 g/mol. The van der Waals surface area contributed by atoms with Gasteiger partial charge in [-0.3, -0.25) is 0 Å². The number of benzene rings is 1. The molecular weight excluding hydrogens is 327 g/mol. The smallest absolute Gasteiger partial charge is 0.106 e. The van der Waals surface area contributed by atoms with E-state index in [4.69, 9.17) is 9.47 Å². The van der Waals surface area contributed by atoms with Crippen molar-refractivity contribution >= 4 is 22.6 Å². The van der Waals surface area contributed by atoms with Crippen molar-refractivity contribution < 1.29 is 9.47 Å². The molecule has 2 nitrogen and oxygen atoms in total. The molecule has 4 unspecified atom stereocenters. The Balaban J connectivity index is 1.75. The van der Waals surface area contributed by atoms with Crippen LogP contribution in [0.2, 0.25) is 0 Å². The molecule has 0 spiro atoms. The van der Waals surface area contributed by atoms with Crippen LogP contribution in [0.3, 0.4) is 0 Å². The third kappa shape index (κ3) is 1.92. The summed E-state index contributed by atoms with van der Waals surface area (Å²) in [5.41, 5.74) is 1.31. The highest BCUT2D eigenvalue weighted by Crippen LogP contribution is 2.46. The van der Waals surface area contributed by atoms with Gasteiger partial charge in [-0.1, -0.05) is 59.8 Å². The van der Waals surface area contributed by atoms with Gasteiger partial charge in [0.05, 0.1) is 18.8 Å². The summed E-state index contributed by atoms with van der Waals surface area (Å²) < 4.78 is 13.2. The SMILES string of the molecule is CC1C2OCC1(CI)OC2Cc1ccccc1. The van der Waals surface area contributed by atoms with E-state index in [0.717, 1.165) is 17.5 Å². The molecule has 0 aliphatic carbocycles. The molecule has 2 aliphatic rings. The minimum absolute atomic E-state index is 0.0231. The molecular formula is C14H17IO2. The first-order valence-corrected chi connectivity index (χ1v) is 7.67. The lowest BCUT2D eigenvalue weighted by Crippen LogP contribution is -2.40. The topological polar surface area (TPSA) is 18.5 Å². The second kappa shape index (κ2) is 4.52. The molecule has 0 amide bonds. The molecule has 3 rings (SSSR count). The van der Waals surface area contributed by atoms with E-state index in [-0.39, 0.29) is 17.8 Å². The molecule has 17 heavy (non-hydrogen) atoms. The van der Waals surface area contributed by atoms with Crippen molar-refractivity contribution in [1.29, 1.82) is 0 Å². The second-order valence-corrected chi connectivity index (χ2v) is 5.87. The summed E-state index contributed by atoms with van der Waals surface area (Å²) in [7, 11) is 0. The minimum atomic E-state index is -0.0231. The lowest BCUT2D eigenvalue weighted by Gasteiger charge is -2.29. The van der Waals surface area contributed by atoms with Crippen molar-refractivity contribution in [1.82, 2.24) is 0 Å². The Kier molecular flexibility index (Phi) is 3.17. The predicted molar refractivity (Wildman–Crippen MR) is 75.5 cm³/mol. The van der Waals surface area contributed by atoms with Crippen molar-refractivity contribution in [2.75, 3.05) is 11.0 Å². The zero-order chi connectivity index (χ0) is 11.9. The molecule has 1 aromatic carbocycles. The van der Waals surface area contributed by atoms with Crippen LogP contribution >= 0.6 is 22.6 Å². The van der Waals surface area contributed by atoms with E-state index in [1.54, 1.807) is 0 Å². The molecule has 3 heteroatoms. The summed E-state index contributed by atoms with van der Waals surface area (Å²) in [6, 6.07) is 10.5. The quantitative estimate of drug-likeness (QED) is 0.620. The highest BCUT2D eigenvalue weighted by molar-refractivity contribution is 14.1. The van der Waals surface area contributed by atoms with E-state index < -0.39 is 0 Å². The first-order chi connectivity index (χ1) is 8.25. The molecule has 0 aromatic heterocycles. The third-order valence-electron chi connectivity index (χ3n) is 4.10. The molecule has 2 saturated heterocycles. The molecule has 2 bridgehead atoms. The molecule has 2 heterocycles. The zero-order valence-corrected chi connectivity index (χ0v) is 12.1. The van der Waals surface area contributed by atoms with Crippen LogP contribution in [-0.2, 0) is 15.9 Å². The van der Waals surface area contributed by atoms with Gasteiger partial charge in [0, 0.05) is 16.8 Å². The number of hydrogen-bond donors (Lipinski definition) is 0. The van der Waals surface area contributed by atoms with Gasteiger partial charge >= 0.3 is 0 Å². The largest absolute Gasteiger partial charge is 0.372 e. The van der Waals surface area contributed by atoms with E-state index in [1.807, 2.05) is 0 Å². The second-order valence-electron chi connectivity index (χ2n) is 5.11. The summed E-state index contributed by atoms with van der Waals surface area (Å²) in [6.45, 7) is 3.04. The summed E-state index contributed by atoms with van der Waals surface area (Å²) in [6.07, 6.45) is 1.48. The van der Waals surface area contributed by atoms with Gasteiger partial charge in [-0.15, -0.1) is 0 Å². The van der Waals surface area contributed by atoms with Crippen LogP contribution in [0.1, 0.15) is 12.5 Å². The van der Waals surface area contributed by atoms with E-state index in [1.165, 1.54) is 5.56 Å². The van der Waals surface area contributed by atoms with Gasteiger partial charge < -0.3 is 9.47 Å². The van der Waals surface area contributed by atoms with E-state index >= 15 is 0 Å². The van der Waals surface area contributed by atoms with Gasteiger partial charge in [0.1, 0.15) is 5.60 Å². The van der Waals surface area contributed by atoms with Gasteiger partial charge in [-0.2, -0.15) is 0 Å². The highest BCUT2D eigenvalue weighted by Gasteiger charge is 2.58. The Morgan fingerprint density at radius 3 is 2.76 bits per heavy atom. The number of hydrogen-bond acceptors (Lipinski definition) is 2. The molecule has 4 atom stereocenters. The average Bonchev–Trinajstić information content (AvgIpc) is 2.82. The lowest BCUT2D eigenvalue weighted by molar-refractivity contribution is -0.131. The van der Waals surface area contributed by atoms with Crippen molar-refractivity contribution in [2.45, 2.75) is 31.2 Å². The van der Waals surface area contributed by atoms with Crippen molar-refractivity contribution in [3.63, 3.8) is 0 Å². The fourth-order valence-electron chi connectivity index (χ4n) is 2.95. The van der Waals surface area contributed by atoms with Gasteiger partial charge in [-0.05, 0) is 5.56 Å². The van der Waals surface area contributed by atoms with Crippen molar-refractivity contribution in [3.8, 4) is 0 Å². The fourth-order valence-corrected chi connectivity index (χ4v) is 4.04. The Labute approximate surface area is 116 Å². The average molecular weight is 344 g/mol. The summed E-state index contributed by atoms with van der Waals surface area (Å²) in [5, 5.41) is 0. The molecule has 0 N–H and O–H groups in total. The molecule has 0 radical (unpaired) electrons. The van der Waals surface area contributed by atoms with Gasteiger partial charge in [0.2, 0.25) is 0 Å². The molecule has 0 saturated carbocycles. The number of fused-ring (bicyclic) bond motifs is 2. The maximum Gasteiger partial charge on any atom is 0.106 e. The standard InChI is InChI=1S/C14H17IO2/c1-10-13-12(7-11-5-3-2-4-6-11)17-14(10,8-15)9-16-13/h2-6,10,12-13H,7-9H2,1H3. The maximum atomic E-state index is 6.28. The Bertz CT molecular complexity index is 394. The van der Waals surface area contributed by atoms with E-state index in [0.29, 0.717) is 5.92 Å². The number of ether oxygens (including phenoxy) is 2. The number of halogens is 1. The van der Waals surface area contributed by atoms with E-state index in [9.17, 15) is 0 Å². The minimum Gasteiger partial charge on any atom is -0.372 e. The Morgan fingerprint density at radius 2 is 2.12 bits per heavy atom. The first-order valence-electron chi connectivity index (χ1n) is 6.14. The Hall–Kier alpha value is -0.130. The lowest BCUT2D eigenvalue weighted by atomic mass is 9.90. The van der Waals surface area contributed by atoms with Gasteiger partial charge in [0.25, 0.3) is 0 Å².